The first kappa shape index (κ1) is 14.6. The van der Waals surface area contributed by atoms with Crippen LogP contribution in [-0.2, 0) is 6.42 Å². The molecule has 2 N–H and O–H groups in total. The molecule has 0 fully saturated rings. The Kier molecular flexibility index (Phi) is 4.84. The first-order valence-electron chi connectivity index (χ1n) is 6.69. The summed E-state index contributed by atoms with van der Waals surface area (Å²) in [7, 11) is 0. The van der Waals surface area contributed by atoms with Gasteiger partial charge in [0.2, 0.25) is 0 Å². The summed E-state index contributed by atoms with van der Waals surface area (Å²) < 4.78 is 3.86. The summed E-state index contributed by atoms with van der Waals surface area (Å²) >= 11 is 1.16. The number of nitrogens with zero attached hydrogens (tertiary/aromatic N) is 3. The van der Waals surface area contributed by atoms with Crippen molar-refractivity contribution in [1.29, 1.82) is 0 Å². The van der Waals surface area contributed by atoms with Gasteiger partial charge in [-0.15, -0.1) is 5.10 Å². The van der Waals surface area contributed by atoms with E-state index in [-0.39, 0.29) is 11.8 Å². The van der Waals surface area contributed by atoms with Gasteiger partial charge >= 0.3 is 0 Å². The summed E-state index contributed by atoms with van der Waals surface area (Å²) in [6.07, 6.45) is 3.62. The average molecular weight is 293 g/mol. The van der Waals surface area contributed by atoms with Gasteiger partial charge in [0.25, 0.3) is 5.91 Å². The second kappa shape index (κ2) is 6.60. The van der Waals surface area contributed by atoms with E-state index < -0.39 is 0 Å². The molecule has 0 spiro atoms. The van der Waals surface area contributed by atoms with Crippen LogP contribution in [0.4, 0.5) is 0 Å². The third-order valence-electron chi connectivity index (χ3n) is 3.11. The molecule has 20 heavy (non-hydrogen) atoms. The quantitative estimate of drug-likeness (QED) is 0.798. The number of hydrogen-bond acceptors (Lipinski definition) is 5. The molecule has 7 heteroatoms. The van der Waals surface area contributed by atoms with Crippen molar-refractivity contribution >= 4 is 17.4 Å². The van der Waals surface area contributed by atoms with Crippen molar-refractivity contribution in [2.24, 2.45) is 0 Å². The van der Waals surface area contributed by atoms with Crippen LogP contribution in [0.5, 0.6) is 0 Å². The average Bonchev–Trinajstić information content (AvgIpc) is 3.03. The molecule has 0 aliphatic carbocycles. The number of carbonyl (C=O) groups excluding carboxylic acids is 1. The van der Waals surface area contributed by atoms with Crippen molar-refractivity contribution in [3.63, 3.8) is 0 Å². The molecule has 2 rings (SSSR count). The SMILES string of the molecule is Cc1[nH]ncc1CCCNC(=O)c1snnc1C(C)C. The maximum Gasteiger partial charge on any atom is 0.264 e. The van der Waals surface area contributed by atoms with Crippen molar-refractivity contribution in [3.8, 4) is 0 Å². The highest BCUT2D eigenvalue weighted by molar-refractivity contribution is 7.08. The Morgan fingerprint density at radius 1 is 1.50 bits per heavy atom. The molecule has 0 bridgehead atoms. The molecule has 0 unspecified atom stereocenters. The van der Waals surface area contributed by atoms with E-state index >= 15 is 0 Å². The lowest BCUT2D eigenvalue weighted by Gasteiger charge is -2.06. The number of aromatic amines is 1. The molecular weight excluding hydrogens is 274 g/mol. The van der Waals surface area contributed by atoms with Crippen molar-refractivity contribution in [1.82, 2.24) is 25.1 Å². The molecule has 0 atom stereocenters. The Morgan fingerprint density at radius 2 is 2.30 bits per heavy atom. The number of amides is 1. The van der Waals surface area contributed by atoms with E-state index in [1.165, 1.54) is 5.56 Å². The maximum absolute atomic E-state index is 12.1. The standard InChI is InChI=1S/C13H19N5OS/c1-8(2)11-12(20-18-17-11)13(19)14-6-4-5-10-7-15-16-9(10)3/h7-8H,4-6H2,1-3H3,(H,14,19)(H,15,16). The molecule has 0 aliphatic rings. The van der Waals surface area contributed by atoms with Gasteiger partial charge in [-0.2, -0.15) is 5.10 Å². The molecule has 0 radical (unpaired) electrons. The van der Waals surface area contributed by atoms with Crippen LogP contribution < -0.4 is 5.32 Å². The third-order valence-corrected chi connectivity index (χ3v) is 3.85. The zero-order valence-electron chi connectivity index (χ0n) is 11.9. The van der Waals surface area contributed by atoms with Crippen LogP contribution in [0.25, 0.3) is 0 Å². The van der Waals surface area contributed by atoms with Crippen LogP contribution >= 0.6 is 11.5 Å². The topological polar surface area (TPSA) is 83.6 Å². The zero-order valence-corrected chi connectivity index (χ0v) is 12.8. The normalized spacial score (nSPS) is 11.0. The van der Waals surface area contributed by atoms with E-state index in [0.29, 0.717) is 11.4 Å². The highest BCUT2D eigenvalue weighted by Gasteiger charge is 2.18. The lowest BCUT2D eigenvalue weighted by Crippen LogP contribution is -2.25. The number of rotatable bonds is 6. The number of aromatic nitrogens is 4. The molecule has 0 saturated carbocycles. The fourth-order valence-corrected chi connectivity index (χ4v) is 2.66. The van der Waals surface area contributed by atoms with Gasteiger partial charge in [-0.25, -0.2) is 0 Å². The van der Waals surface area contributed by atoms with E-state index in [2.05, 4.69) is 25.1 Å². The van der Waals surface area contributed by atoms with Crippen LogP contribution in [0.3, 0.4) is 0 Å². The van der Waals surface area contributed by atoms with Crippen LogP contribution in [-0.4, -0.2) is 32.2 Å². The van der Waals surface area contributed by atoms with Gasteiger partial charge in [0, 0.05) is 12.2 Å². The number of aryl methyl sites for hydroxylation is 2. The highest BCUT2D eigenvalue weighted by Crippen LogP contribution is 2.19. The summed E-state index contributed by atoms with van der Waals surface area (Å²) in [4.78, 5) is 12.7. The maximum atomic E-state index is 12.1. The largest absolute Gasteiger partial charge is 0.351 e. The Balaban J connectivity index is 1.81. The van der Waals surface area contributed by atoms with Crippen molar-refractivity contribution < 1.29 is 4.79 Å². The molecule has 2 aromatic rings. The summed E-state index contributed by atoms with van der Waals surface area (Å²) in [6.45, 7) is 6.65. The summed E-state index contributed by atoms with van der Waals surface area (Å²) in [6, 6.07) is 0. The van der Waals surface area contributed by atoms with Crippen molar-refractivity contribution in [2.45, 2.75) is 39.5 Å². The first-order chi connectivity index (χ1) is 9.59. The minimum Gasteiger partial charge on any atom is -0.351 e. The van der Waals surface area contributed by atoms with E-state index in [4.69, 9.17) is 0 Å². The van der Waals surface area contributed by atoms with Crippen LogP contribution in [0.1, 0.15) is 52.8 Å². The fraction of sp³-hybridized carbons (Fsp3) is 0.538. The summed E-state index contributed by atoms with van der Waals surface area (Å²) in [5.41, 5.74) is 3.06. The minimum atomic E-state index is -0.0763. The van der Waals surface area contributed by atoms with Crippen LogP contribution in [0.2, 0.25) is 0 Å². The number of hydrogen-bond donors (Lipinski definition) is 2. The second-order valence-electron chi connectivity index (χ2n) is 5.02. The predicted octanol–water partition coefficient (Wildman–Crippen LogP) is 2.06. The van der Waals surface area contributed by atoms with E-state index in [1.54, 1.807) is 0 Å². The third kappa shape index (κ3) is 3.41. The Labute approximate surface area is 122 Å². The van der Waals surface area contributed by atoms with Crippen molar-refractivity contribution in [2.75, 3.05) is 6.54 Å². The predicted molar refractivity (Wildman–Crippen MR) is 78.0 cm³/mol. The van der Waals surface area contributed by atoms with Gasteiger partial charge in [0.1, 0.15) is 4.88 Å². The molecular formula is C13H19N5OS. The number of carbonyl (C=O) groups is 1. The van der Waals surface area contributed by atoms with Crippen LogP contribution in [0, 0.1) is 6.92 Å². The summed E-state index contributed by atoms with van der Waals surface area (Å²) in [5, 5.41) is 13.8. The van der Waals surface area contributed by atoms with Gasteiger partial charge < -0.3 is 5.32 Å². The van der Waals surface area contributed by atoms with Crippen molar-refractivity contribution in [3.05, 3.63) is 28.0 Å². The molecule has 0 aliphatic heterocycles. The molecule has 1 amide bonds. The monoisotopic (exact) mass is 293 g/mol. The molecule has 108 valence electrons. The fourth-order valence-electron chi connectivity index (χ4n) is 1.92. The van der Waals surface area contributed by atoms with Gasteiger partial charge in [-0.3, -0.25) is 9.89 Å². The first-order valence-corrected chi connectivity index (χ1v) is 7.46. The van der Waals surface area contributed by atoms with Gasteiger partial charge in [0.15, 0.2) is 0 Å². The van der Waals surface area contributed by atoms with E-state index in [1.807, 2.05) is 27.0 Å². The lowest BCUT2D eigenvalue weighted by atomic mass is 10.1. The Morgan fingerprint density at radius 3 is 2.95 bits per heavy atom. The zero-order chi connectivity index (χ0) is 14.5. The smallest absolute Gasteiger partial charge is 0.264 e. The van der Waals surface area contributed by atoms with E-state index in [0.717, 1.165) is 35.8 Å². The Hall–Kier alpha value is -1.76. The molecule has 2 heterocycles. The Bertz CT molecular complexity index is 575. The van der Waals surface area contributed by atoms with Gasteiger partial charge in [-0.1, -0.05) is 18.3 Å². The number of nitrogens with one attached hydrogen (secondary N) is 2. The van der Waals surface area contributed by atoms with Gasteiger partial charge in [-0.05, 0) is 42.8 Å². The number of H-pyrrole nitrogens is 1. The molecule has 0 aromatic carbocycles. The second-order valence-corrected chi connectivity index (χ2v) is 5.78. The molecule has 2 aromatic heterocycles. The van der Waals surface area contributed by atoms with E-state index in [9.17, 15) is 4.79 Å². The van der Waals surface area contributed by atoms with Crippen LogP contribution in [0.15, 0.2) is 6.20 Å². The minimum absolute atomic E-state index is 0.0763. The molecule has 6 nitrogen and oxygen atoms in total. The van der Waals surface area contributed by atoms with Gasteiger partial charge in [0.05, 0.1) is 11.9 Å². The lowest BCUT2D eigenvalue weighted by molar-refractivity contribution is 0.0956. The summed E-state index contributed by atoms with van der Waals surface area (Å²) in [5.74, 6) is 0.135. The highest BCUT2D eigenvalue weighted by atomic mass is 32.1. The molecule has 0 saturated heterocycles.